The summed E-state index contributed by atoms with van der Waals surface area (Å²) in [7, 11) is 0. The van der Waals surface area contributed by atoms with Gasteiger partial charge in [-0.1, -0.05) is 97.1 Å². The molecule has 0 radical (unpaired) electrons. The molecule has 0 fully saturated rings. The van der Waals surface area contributed by atoms with Gasteiger partial charge in [-0.25, -0.2) is 4.98 Å². The lowest BCUT2D eigenvalue weighted by Gasteiger charge is -2.15. The molecule has 0 atom stereocenters. The fourth-order valence-corrected chi connectivity index (χ4v) is 5.80. The van der Waals surface area contributed by atoms with Gasteiger partial charge in [0.1, 0.15) is 0 Å². The molecule has 3 heterocycles. The van der Waals surface area contributed by atoms with Crippen LogP contribution in [0.25, 0.3) is 77.0 Å². The number of benzene rings is 5. The number of para-hydroxylation sites is 1. The standard InChI is InChI=1S/C37H23N3/c1-3-10-24(11-4-1)27-20-28(25-12-5-2-6-13-25)22-29(21-27)35-34-31-18-17-26-14-9-19-38-36(26)37(31)39-23-32(34)30-15-7-8-16-33(30)40-35/h1-23H. The van der Waals surface area contributed by atoms with Gasteiger partial charge in [0.25, 0.3) is 0 Å². The molecular formula is C37H23N3. The van der Waals surface area contributed by atoms with Crippen molar-refractivity contribution in [2.45, 2.75) is 0 Å². The van der Waals surface area contributed by atoms with E-state index in [1.807, 2.05) is 24.5 Å². The Labute approximate surface area is 231 Å². The fourth-order valence-electron chi connectivity index (χ4n) is 5.80. The normalized spacial score (nSPS) is 11.5. The summed E-state index contributed by atoms with van der Waals surface area (Å²) < 4.78 is 0. The minimum absolute atomic E-state index is 0.895. The zero-order chi connectivity index (χ0) is 26.5. The van der Waals surface area contributed by atoms with Gasteiger partial charge in [-0.3, -0.25) is 9.97 Å². The molecule has 8 aromatic rings. The molecule has 0 aliphatic heterocycles. The van der Waals surface area contributed by atoms with E-state index in [1.165, 1.54) is 11.1 Å². The van der Waals surface area contributed by atoms with Crippen molar-refractivity contribution < 1.29 is 0 Å². The van der Waals surface area contributed by atoms with Gasteiger partial charge in [-0.2, -0.15) is 0 Å². The third-order valence-corrected chi connectivity index (χ3v) is 7.69. The first-order chi connectivity index (χ1) is 19.8. The highest BCUT2D eigenvalue weighted by atomic mass is 14.7. The van der Waals surface area contributed by atoms with Gasteiger partial charge in [0, 0.05) is 44.9 Å². The van der Waals surface area contributed by atoms with Crippen molar-refractivity contribution in [3.05, 3.63) is 140 Å². The number of nitrogens with zero attached hydrogens (tertiary/aromatic N) is 3. The second-order valence-electron chi connectivity index (χ2n) is 10.1. The number of pyridine rings is 3. The zero-order valence-electron chi connectivity index (χ0n) is 21.6. The molecule has 0 aliphatic rings. The van der Waals surface area contributed by atoms with E-state index in [0.717, 1.165) is 65.9 Å². The average molecular weight is 510 g/mol. The lowest BCUT2D eigenvalue weighted by molar-refractivity contribution is 1.38. The topological polar surface area (TPSA) is 38.7 Å². The highest BCUT2D eigenvalue weighted by molar-refractivity contribution is 6.23. The molecular weight excluding hydrogens is 486 g/mol. The van der Waals surface area contributed by atoms with Crippen LogP contribution in [0.4, 0.5) is 0 Å². The predicted octanol–water partition coefficient (Wildman–Crippen LogP) is 9.49. The molecule has 0 bridgehead atoms. The molecule has 186 valence electrons. The Morgan fingerprint density at radius 2 is 1.10 bits per heavy atom. The molecule has 8 rings (SSSR count). The van der Waals surface area contributed by atoms with E-state index >= 15 is 0 Å². The van der Waals surface area contributed by atoms with Gasteiger partial charge in [-0.15, -0.1) is 0 Å². The van der Waals surface area contributed by atoms with Gasteiger partial charge >= 0.3 is 0 Å². The first-order valence-electron chi connectivity index (χ1n) is 13.4. The van der Waals surface area contributed by atoms with Crippen LogP contribution in [0.5, 0.6) is 0 Å². The van der Waals surface area contributed by atoms with Crippen LogP contribution in [0.15, 0.2) is 140 Å². The summed E-state index contributed by atoms with van der Waals surface area (Å²) in [5.41, 5.74) is 9.44. The smallest absolute Gasteiger partial charge is 0.0971 e. The molecule has 3 nitrogen and oxygen atoms in total. The molecule has 0 saturated carbocycles. The lowest BCUT2D eigenvalue weighted by Crippen LogP contribution is -1.94. The first kappa shape index (κ1) is 22.6. The van der Waals surface area contributed by atoms with E-state index < -0.39 is 0 Å². The maximum atomic E-state index is 5.33. The van der Waals surface area contributed by atoms with Gasteiger partial charge < -0.3 is 0 Å². The molecule has 3 aromatic heterocycles. The summed E-state index contributed by atoms with van der Waals surface area (Å²) in [6, 6.07) is 44.6. The Hall–Kier alpha value is -5.41. The average Bonchev–Trinajstić information content (AvgIpc) is 3.04. The summed E-state index contributed by atoms with van der Waals surface area (Å²) in [6.07, 6.45) is 3.83. The monoisotopic (exact) mass is 509 g/mol. The number of aromatic nitrogens is 3. The van der Waals surface area contributed by atoms with Crippen LogP contribution >= 0.6 is 0 Å². The zero-order valence-corrected chi connectivity index (χ0v) is 21.6. The van der Waals surface area contributed by atoms with Crippen molar-refractivity contribution in [3.8, 4) is 33.5 Å². The van der Waals surface area contributed by atoms with Gasteiger partial charge in [-0.05, 0) is 52.6 Å². The van der Waals surface area contributed by atoms with E-state index in [1.54, 1.807) is 0 Å². The summed E-state index contributed by atoms with van der Waals surface area (Å²) >= 11 is 0. The highest BCUT2D eigenvalue weighted by Crippen LogP contribution is 2.40. The second-order valence-corrected chi connectivity index (χ2v) is 10.1. The summed E-state index contributed by atoms with van der Waals surface area (Å²) in [4.78, 5) is 15.0. The van der Waals surface area contributed by atoms with Gasteiger partial charge in [0.05, 0.1) is 22.2 Å². The molecule has 5 aromatic carbocycles. The molecule has 0 unspecified atom stereocenters. The maximum absolute atomic E-state index is 5.33. The molecule has 3 heteroatoms. The van der Waals surface area contributed by atoms with Crippen molar-refractivity contribution in [3.63, 3.8) is 0 Å². The van der Waals surface area contributed by atoms with Crippen LogP contribution in [0.2, 0.25) is 0 Å². The van der Waals surface area contributed by atoms with Crippen LogP contribution in [-0.2, 0) is 0 Å². The summed E-state index contributed by atoms with van der Waals surface area (Å²) in [6.45, 7) is 0. The number of hydrogen-bond donors (Lipinski definition) is 0. The SMILES string of the molecule is c1ccc(-c2cc(-c3ccccc3)cc(-c3nc4ccccc4c4cnc5c(ccc6cccnc65)c34)c2)cc1. The van der Waals surface area contributed by atoms with E-state index in [9.17, 15) is 0 Å². The minimum atomic E-state index is 0.895. The van der Waals surface area contributed by atoms with E-state index in [4.69, 9.17) is 15.0 Å². The Balaban J connectivity index is 1.52. The Morgan fingerprint density at radius 3 is 1.85 bits per heavy atom. The Morgan fingerprint density at radius 1 is 0.425 bits per heavy atom. The Bertz CT molecular complexity index is 2150. The van der Waals surface area contributed by atoms with Crippen molar-refractivity contribution in [2.75, 3.05) is 0 Å². The van der Waals surface area contributed by atoms with Crippen LogP contribution in [0, 0.1) is 0 Å². The van der Waals surface area contributed by atoms with Gasteiger partial charge in [0.2, 0.25) is 0 Å². The molecule has 0 N–H and O–H groups in total. The highest BCUT2D eigenvalue weighted by Gasteiger charge is 2.17. The van der Waals surface area contributed by atoms with Crippen LogP contribution in [0.1, 0.15) is 0 Å². The number of fused-ring (bicyclic) bond motifs is 7. The van der Waals surface area contributed by atoms with Crippen LogP contribution in [0.3, 0.4) is 0 Å². The molecule has 0 spiro atoms. The van der Waals surface area contributed by atoms with Crippen molar-refractivity contribution in [1.82, 2.24) is 15.0 Å². The van der Waals surface area contributed by atoms with Gasteiger partial charge in [0.15, 0.2) is 0 Å². The Kier molecular flexibility index (Phi) is 5.14. The van der Waals surface area contributed by atoms with Crippen molar-refractivity contribution in [2.24, 2.45) is 0 Å². The molecule has 0 saturated heterocycles. The third kappa shape index (κ3) is 3.63. The van der Waals surface area contributed by atoms with Crippen LogP contribution in [-0.4, -0.2) is 15.0 Å². The summed E-state index contributed by atoms with van der Waals surface area (Å²) in [5, 5.41) is 5.42. The van der Waals surface area contributed by atoms with Crippen molar-refractivity contribution >= 4 is 43.5 Å². The van der Waals surface area contributed by atoms with Crippen LogP contribution < -0.4 is 0 Å². The quantitative estimate of drug-likeness (QED) is 0.223. The third-order valence-electron chi connectivity index (χ3n) is 7.69. The predicted molar refractivity (Wildman–Crippen MR) is 166 cm³/mol. The van der Waals surface area contributed by atoms with E-state index in [2.05, 4.69) is 115 Å². The largest absolute Gasteiger partial charge is 0.254 e. The molecule has 0 amide bonds. The fraction of sp³-hybridized carbons (Fsp3) is 0. The molecule has 0 aliphatic carbocycles. The molecule has 40 heavy (non-hydrogen) atoms. The summed E-state index contributed by atoms with van der Waals surface area (Å²) in [5.74, 6) is 0. The van der Waals surface area contributed by atoms with E-state index in [-0.39, 0.29) is 0 Å². The van der Waals surface area contributed by atoms with Crippen molar-refractivity contribution in [1.29, 1.82) is 0 Å². The van der Waals surface area contributed by atoms with E-state index in [0.29, 0.717) is 0 Å². The first-order valence-corrected chi connectivity index (χ1v) is 13.4. The maximum Gasteiger partial charge on any atom is 0.0971 e. The minimum Gasteiger partial charge on any atom is -0.254 e. The second kappa shape index (κ2) is 9.11. The lowest BCUT2D eigenvalue weighted by atomic mass is 9.92. The number of rotatable bonds is 3. The number of hydrogen-bond acceptors (Lipinski definition) is 3.